The summed E-state index contributed by atoms with van der Waals surface area (Å²) < 4.78 is 0. The van der Waals surface area contributed by atoms with E-state index in [2.05, 4.69) is 10.2 Å². The Bertz CT molecular complexity index is 519. The maximum atomic E-state index is 12.7. The van der Waals surface area contributed by atoms with Gasteiger partial charge in [-0.2, -0.15) is 0 Å². The number of urea groups is 1. The van der Waals surface area contributed by atoms with Gasteiger partial charge in [0.05, 0.1) is 0 Å². The minimum atomic E-state index is -0.535. The predicted molar refractivity (Wildman–Crippen MR) is 109 cm³/mol. The van der Waals surface area contributed by atoms with Crippen LogP contribution < -0.4 is 5.32 Å². The highest BCUT2D eigenvalue weighted by Crippen LogP contribution is 2.29. The van der Waals surface area contributed by atoms with E-state index in [4.69, 9.17) is 0 Å². The molecule has 0 aromatic heterocycles. The van der Waals surface area contributed by atoms with Crippen molar-refractivity contribution in [1.29, 1.82) is 0 Å². The van der Waals surface area contributed by atoms with Gasteiger partial charge < -0.3 is 20.0 Å². The average Bonchev–Trinajstić information content (AvgIpc) is 2.58. The Morgan fingerprint density at radius 1 is 1.15 bits per heavy atom. The van der Waals surface area contributed by atoms with E-state index in [1.165, 1.54) is 31.0 Å². The van der Waals surface area contributed by atoms with Gasteiger partial charge >= 0.3 is 6.03 Å². The SMILES string of the molecule is CC(=O)SCCN(CCC1CCC1)C(=O)N[C@@H](C)C(=O)N1CCN(C)CC1. The number of piperazine rings is 1. The van der Waals surface area contributed by atoms with Crippen molar-refractivity contribution in [2.45, 2.75) is 45.6 Å². The molecule has 1 N–H and O–H groups in total. The largest absolute Gasteiger partial charge is 0.338 e. The first kappa shape index (κ1) is 22.0. The lowest BCUT2D eigenvalue weighted by Crippen LogP contribution is -2.55. The van der Waals surface area contributed by atoms with Crippen LogP contribution in [0.5, 0.6) is 0 Å². The Hall–Kier alpha value is -1.28. The van der Waals surface area contributed by atoms with Crippen LogP contribution in [0.2, 0.25) is 0 Å². The molecule has 0 aromatic carbocycles. The lowest BCUT2D eigenvalue weighted by Gasteiger charge is -2.34. The summed E-state index contributed by atoms with van der Waals surface area (Å²) in [5, 5.41) is 2.94. The van der Waals surface area contributed by atoms with Crippen LogP contribution >= 0.6 is 11.8 Å². The number of hydrogen-bond donors (Lipinski definition) is 1. The molecule has 2 fully saturated rings. The molecule has 1 saturated heterocycles. The summed E-state index contributed by atoms with van der Waals surface area (Å²) in [5.74, 6) is 1.28. The van der Waals surface area contributed by atoms with Crippen LogP contribution in [-0.2, 0) is 9.59 Å². The maximum absolute atomic E-state index is 12.7. The number of nitrogens with one attached hydrogen (secondary N) is 1. The molecule has 8 heteroatoms. The van der Waals surface area contributed by atoms with Crippen LogP contribution in [0.25, 0.3) is 0 Å². The minimum Gasteiger partial charge on any atom is -0.338 e. The molecule has 7 nitrogen and oxygen atoms in total. The summed E-state index contributed by atoms with van der Waals surface area (Å²) in [6, 6.07) is -0.735. The number of carbonyl (C=O) groups is 3. The molecule has 0 aromatic rings. The molecule has 2 aliphatic rings. The van der Waals surface area contributed by atoms with Gasteiger partial charge in [0.25, 0.3) is 0 Å². The Morgan fingerprint density at radius 2 is 1.81 bits per heavy atom. The Kier molecular flexibility index (Phi) is 8.89. The predicted octanol–water partition coefficient (Wildman–Crippen LogP) is 1.63. The molecule has 0 bridgehead atoms. The van der Waals surface area contributed by atoms with E-state index in [0.29, 0.717) is 37.8 Å². The molecule has 154 valence electrons. The van der Waals surface area contributed by atoms with Crippen molar-refractivity contribution < 1.29 is 14.4 Å². The van der Waals surface area contributed by atoms with Crippen LogP contribution in [0.15, 0.2) is 0 Å². The van der Waals surface area contributed by atoms with Crippen molar-refractivity contribution in [2.75, 3.05) is 52.1 Å². The second-order valence-corrected chi connectivity index (χ2v) is 8.98. The van der Waals surface area contributed by atoms with Crippen molar-refractivity contribution in [1.82, 2.24) is 20.0 Å². The number of carbonyl (C=O) groups excluding carboxylic acids is 3. The van der Waals surface area contributed by atoms with Crippen LogP contribution in [0.3, 0.4) is 0 Å². The standard InChI is InChI=1S/C19H34N4O3S/c1-15(18(25)22-11-9-21(3)10-12-22)20-19(26)23(13-14-27-16(2)24)8-7-17-5-4-6-17/h15,17H,4-14H2,1-3H3,(H,20,26)/t15-/m0/s1. The zero-order chi connectivity index (χ0) is 19.8. The van der Waals surface area contributed by atoms with Gasteiger partial charge in [0.1, 0.15) is 6.04 Å². The summed E-state index contributed by atoms with van der Waals surface area (Å²) in [6.45, 7) is 7.65. The summed E-state index contributed by atoms with van der Waals surface area (Å²) in [5.41, 5.74) is 0. The molecule has 1 aliphatic carbocycles. The van der Waals surface area contributed by atoms with E-state index < -0.39 is 6.04 Å². The number of likely N-dealkylation sites (N-methyl/N-ethyl adjacent to an activating group) is 1. The Morgan fingerprint density at radius 3 is 2.37 bits per heavy atom. The smallest absolute Gasteiger partial charge is 0.318 e. The molecule has 0 unspecified atom stereocenters. The van der Waals surface area contributed by atoms with E-state index in [0.717, 1.165) is 19.5 Å². The highest BCUT2D eigenvalue weighted by atomic mass is 32.2. The summed E-state index contributed by atoms with van der Waals surface area (Å²) in [7, 11) is 2.05. The van der Waals surface area contributed by atoms with Crippen LogP contribution in [0, 0.1) is 5.92 Å². The highest BCUT2D eigenvalue weighted by Gasteiger charge is 2.27. The summed E-state index contributed by atoms with van der Waals surface area (Å²) in [6.07, 6.45) is 4.78. The summed E-state index contributed by atoms with van der Waals surface area (Å²) in [4.78, 5) is 42.3. The molecule has 1 heterocycles. The molecule has 27 heavy (non-hydrogen) atoms. The van der Waals surface area contributed by atoms with E-state index in [1.807, 2.05) is 11.9 Å². The Labute approximate surface area is 167 Å². The topological polar surface area (TPSA) is 73.0 Å². The molecule has 1 aliphatic heterocycles. The third-order valence-corrected chi connectivity index (χ3v) is 6.30. The fourth-order valence-corrected chi connectivity index (χ4v) is 3.97. The average molecular weight is 399 g/mol. The van der Waals surface area contributed by atoms with Crippen LogP contribution in [-0.4, -0.2) is 89.9 Å². The first-order valence-electron chi connectivity index (χ1n) is 10.0. The van der Waals surface area contributed by atoms with Crippen molar-refractivity contribution in [3.05, 3.63) is 0 Å². The van der Waals surface area contributed by atoms with Gasteiger partial charge in [-0.15, -0.1) is 0 Å². The van der Waals surface area contributed by atoms with E-state index in [9.17, 15) is 14.4 Å². The first-order valence-corrected chi connectivity index (χ1v) is 11.0. The Balaban J connectivity index is 1.83. The fourth-order valence-electron chi connectivity index (χ4n) is 3.37. The zero-order valence-corrected chi connectivity index (χ0v) is 17.7. The van der Waals surface area contributed by atoms with Crippen LogP contribution in [0.1, 0.15) is 39.5 Å². The van der Waals surface area contributed by atoms with Crippen molar-refractivity contribution in [3.8, 4) is 0 Å². The van der Waals surface area contributed by atoms with Crippen molar-refractivity contribution in [3.63, 3.8) is 0 Å². The number of rotatable bonds is 8. The lowest BCUT2D eigenvalue weighted by atomic mass is 9.83. The first-order chi connectivity index (χ1) is 12.9. The van der Waals surface area contributed by atoms with Gasteiger partial charge in [-0.1, -0.05) is 31.0 Å². The normalized spacial score (nSPS) is 19.3. The zero-order valence-electron chi connectivity index (χ0n) is 16.9. The van der Waals surface area contributed by atoms with Crippen molar-refractivity contribution >= 4 is 28.8 Å². The molecular weight excluding hydrogens is 364 g/mol. The number of nitrogens with zero attached hydrogens (tertiary/aromatic N) is 3. The lowest BCUT2D eigenvalue weighted by molar-refractivity contribution is -0.134. The number of hydrogen-bond acceptors (Lipinski definition) is 5. The van der Waals surface area contributed by atoms with E-state index in [1.54, 1.807) is 18.7 Å². The summed E-state index contributed by atoms with van der Waals surface area (Å²) >= 11 is 1.24. The number of thioether (sulfide) groups is 1. The van der Waals surface area contributed by atoms with E-state index in [-0.39, 0.29) is 17.1 Å². The molecule has 1 saturated carbocycles. The van der Waals surface area contributed by atoms with Crippen molar-refractivity contribution in [2.24, 2.45) is 5.92 Å². The van der Waals surface area contributed by atoms with Gasteiger partial charge in [-0.3, -0.25) is 9.59 Å². The molecule has 0 radical (unpaired) electrons. The quantitative estimate of drug-likeness (QED) is 0.673. The third-order valence-electron chi connectivity index (χ3n) is 5.51. The van der Waals surface area contributed by atoms with Crippen LogP contribution in [0.4, 0.5) is 4.79 Å². The third kappa shape index (κ3) is 7.33. The molecule has 0 spiro atoms. The molecular formula is C19H34N4O3S. The second-order valence-electron chi connectivity index (χ2n) is 7.71. The minimum absolute atomic E-state index is 0.0199. The second kappa shape index (κ2) is 10.9. The molecule has 1 atom stereocenters. The maximum Gasteiger partial charge on any atom is 0.318 e. The van der Waals surface area contributed by atoms with Gasteiger partial charge in [0, 0.05) is 51.9 Å². The van der Waals surface area contributed by atoms with Gasteiger partial charge in [0.2, 0.25) is 5.91 Å². The molecule has 2 rings (SSSR count). The van der Waals surface area contributed by atoms with Gasteiger partial charge in [-0.25, -0.2) is 4.79 Å². The monoisotopic (exact) mass is 398 g/mol. The number of amides is 3. The fraction of sp³-hybridized carbons (Fsp3) is 0.842. The van der Waals surface area contributed by atoms with Gasteiger partial charge in [0.15, 0.2) is 5.12 Å². The molecule has 3 amide bonds. The van der Waals surface area contributed by atoms with Gasteiger partial charge in [-0.05, 0) is 26.3 Å². The highest BCUT2D eigenvalue weighted by molar-refractivity contribution is 8.13. The van der Waals surface area contributed by atoms with E-state index >= 15 is 0 Å².